The smallest absolute Gasteiger partial charge is 0.0484 e. The quantitative estimate of drug-likeness (QED) is 0.380. The topological polar surface area (TPSA) is 31.1 Å². The van der Waals surface area contributed by atoms with Crippen LogP contribution in [0.4, 0.5) is 5.69 Å². The van der Waals surface area contributed by atoms with E-state index in [4.69, 9.17) is 0 Å². The number of H-pyrrole nitrogens is 1. The summed E-state index contributed by atoms with van der Waals surface area (Å²) in [6, 6.07) is 17.1. The van der Waals surface area contributed by atoms with Crippen molar-refractivity contribution >= 4 is 22.7 Å². The number of rotatable bonds is 8. The molecular formula is C31H33N3. The molecule has 0 radical (unpaired) electrons. The summed E-state index contributed by atoms with van der Waals surface area (Å²) in [5.74, 6) is 0. The van der Waals surface area contributed by atoms with E-state index in [1.165, 1.54) is 38.9 Å². The summed E-state index contributed by atoms with van der Waals surface area (Å²) in [6.45, 7) is 10.5. The zero-order valence-electron chi connectivity index (χ0n) is 19.8. The lowest BCUT2D eigenvalue weighted by atomic mass is 9.93. The van der Waals surface area contributed by atoms with Crippen LogP contribution in [0.1, 0.15) is 36.8 Å². The Morgan fingerprint density at radius 1 is 0.941 bits per heavy atom. The summed E-state index contributed by atoms with van der Waals surface area (Å²) in [4.78, 5) is 5.75. The van der Waals surface area contributed by atoms with Crippen molar-refractivity contribution in [2.75, 3.05) is 18.0 Å². The molecule has 172 valence electrons. The van der Waals surface area contributed by atoms with Gasteiger partial charge in [0.15, 0.2) is 0 Å². The fourth-order valence-corrected chi connectivity index (χ4v) is 4.90. The molecule has 1 aliphatic heterocycles. The van der Waals surface area contributed by atoms with Crippen molar-refractivity contribution in [1.82, 2.24) is 10.3 Å². The van der Waals surface area contributed by atoms with Gasteiger partial charge in [-0.2, -0.15) is 0 Å². The van der Waals surface area contributed by atoms with E-state index >= 15 is 0 Å². The van der Waals surface area contributed by atoms with Crippen LogP contribution in [-0.4, -0.2) is 18.1 Å². The molecule has 2 N–H and O–H groups in total. The zero-order chi connectivity index (χ0) is 23.3. The lowest BCUT2D eigenvalue weighted by molar-refractivity contribution is 0.729. The van der Waals surface area contributed by atoms with Crippen LogP contribution >= 0.6 is 0 Å². The lowest BCUT2D eigenvalue weighted by Crippen LogP contribution is -2.27. The van der Waals surface area contributed by atoms with Crippen molar-refractivity contribution in [2.45, 2.75) is 32.1 Å². The van der Waals surface area contributed by atoms with Crippen molar-refractivity contribution in [2.24, 2.45) is 0 Å². The van der Waals surface area contributed by atoms with Crippen LogP contribution in [0.5, 0.6) is 0 Å². The Morgan fingerprint density at radius 2 is 1.76 bits per heavy atom. The van der Waals surface area contributed by atoms with Gasteiger partial charge in [-0.3, -0.25) is 0 Å². The molecule has 3 nitrogen and oxygen atoms in total. The first-order chi connectivity index (χ1) is 16.7. The first-order valence-electron chi connectivity index (χ1n) is 12.3. The molecule has 3 aromatic rings. The Morgan fingerprint density at radius 3 is 2.71 bits per heavy atom. The van der Waals surface area contributed by atoms with E-state index in [0.29, 0.717) is 0 Å². The van der Waals surface area contributed by atoms with Gasteiger partial charge in [0.05, 0.1) is 0 Å². The van der Waals surface area contributed by atoms with Gasteiger partial charge in [-0.1, -0.05) is 73.9 Å². The second kappa shape index (κ2) is 10.0. The summed E-state index contributed by atoms with van der Waals surface area (Å²) in [6.07, 6.45) is 16.3. The predicted octanol–water partition coefficient (Wildman–Crippen LogP) is 7.29. The fourth-order valence-electron chi connectivity index (χ4n) is 4.90. The summed E-state index contributed by atoms with van der Waals surface area (Å²) < 4.78 is 0. The Balaban J connectivity index is 1.20. The Labute approximate surface area is 202 Å². The van der Waals surface area contributed by atoms with Crippen molar-refractivity contribution in [1.29, 1.82) is 0 Å². The lowest BCUT2D eigenvalue weighted by Gasteiger charge is -2.32. The van der Waals surface area contributed by atoms with Crippen molar-refractivity contribution in [3.8, 4) is 0 Å². The van der Waals surface area contributed by atoms with E-state index in [9.17, 15) is 0 Å². The Bertz CT molecular complexity index is 1300. The predicted molar refractivity (Wildman–Crippen MR) is 146 cm³/mol. The standard InChI is InChI=1S/C31H33N3/c1-23(32-20-19-27-21-33-30-13-7-6-12-29(27)30)15-16-24(2)34-22-28-11-4-3-9-25(28)17-18-26-10-5-8-14-31(26)34/h5-14,17-18,21,32-33H,1-4,15-16,19-20,22H2/b18-17-. The molecule has 0 fully saturated rings. The molecule has 0 saturated heterocycles. The van der Waals surface area contributed by atoms with Gasteiger partial charge in [-0.05, 0) is 66.5 Å². The van der Waals surface area contributed by atoms with Gasteiger partial charge >= 0.3 is 0 Å². The number of fused-ring (bicyclic) bond motifs is 3. The number of nitrogens with zero attached hydrogens (tertiary/aromatic N) is 1. The van der Waals surface area contributed by atoms with Gasteiger partial charge in [0.1, 0.15) is 0 Å². The van der Waals surface area contributed by atoms with Crippen LogP contribution < -0.4 is 10.2 Å². The number of anilines is 1. The second-order valence-electron chi connectivity index (χ2n) is 9.15. The van der Waals surface area contributed by atoms with Crippen LogP contribution in [0.2, 0.25) is 0 Å². The number of nitrogens with one attached hydrogen (secondary N) is 2. The van der Waals surface area contributed by atoms with Crippen LogP contribution in [0.25, 0.3) is 17.0 Å². The largest absolute Gasteiger partial charge is 0.388 e. The van der Waals surface area contributed by atoms with Crippen molar-refractivity contribution in [3.05, 3.63) is 120 Å². The third-order valence-electron chi connectivity index (χ3n) is 6.83. The highest BCUT2D eigenvalue weighted by Crippen LogP contribution is 2.33. The van der Waals surface area contributed by atoms with E-state index in [1.807, 2.05) is 0 Å². The third-order valence-corrected chi connectivity index (χ3v) is 6.83. The molecular weight excluding hydrogens is 414 g/mol. The summed E-state index contributed by atoms with van der Waals surface area (Å²) >= 11 is 0. The maximum Gasteiger partial charge on any atom is 0.0484 e. The number of aromatic amines is 1. The maximum absolute atomic E-state index is 4.50. The van der Waals surface area contributed by atoms with Gasteiger partial charge < -0.3 is 15.2 Å². The first-order valence-corrected chi connectivity index (χ1v) is 12.3. The molecule has 5 rings (SSSR count). The highest BCUT2D eigenvalue weighted by atomic mass is 15.1. The molecule has 0 spiro atoms. The van der Waals surface area contributed by atoms with Crippen molar-refractivity contribution < 1.29 is 0 Å². The molecule has 1 aliphatic carbocycles. The Kier molecular flexibility index (Phi) is 6.53. The van der Waals surface area contributed by atoms with Gasteiger partial charge in [-0.15, -0.1) is 0 Å². The van der Waals surface area contributed by atoms with E-state index in [-0.39, 0.29) is 0 Å². The highest BCUT2D eigenvalue weighted by Gasteiger charge is 2.19. The molecule has 0 amide bonds. The summed E-state index contributed by atoms with van der Waals surface area (Å²) in [5.41, 5.74) is 9.96. The minimum atomic E-state index is 0.868. The van der Waals surface area contributed by atoms with Crippen molar-refractivity contribution in [3.63, 3.8) is 0 Å². The van der Waals surface area contributed by atoms with E-state index in [0.717, 1.165) is 56.6 Å². The van der Waals surface area contributed by atoms with Gasteiger partial charge in [0.25, 0.3) is 0 Å². The molecule has 1 aromatic heterocycles. The second-order valence-corrected chi connectivity index (χ2v) is 9.15. The molecule has 0 saturated carbocycles. The monoisotopic (exact) mass is 447 g/mol. The first kappa shape index (κ1) is 22.1. The van der Waals surface area contributed by atoms with Gasteiger partial charge in [0.2, 0.25) is 0 Å². The molecule has 3 heteroatoms. The van der Waals surface area contributed by atoms with Crippen LogP contribution in [0, 0.1) is 0 Å². The van der Waals surface area contributed by atoms with E-state index in [1.54, 1.807) is 0 Å². The average Bonchev–Trinajstić information content (AvgIpc) is 3.27. The minimum Gasteiger partial charge on any atom is -0.388 e. The van der Waals surface area contributed by atoms with E-state index in [2.05, 4.69) is 107 Å². The van der Waals surface area contributed by atoms with E-state index < -0.39 is 0 Å². The highest BCUT2D eigenvalue weighted by molar-refractivity contribution is 5.83. The molecule has 0 unspecified atom stereocenters. The molecule has 2 aromatic carbocycles. The molecule has 2 heterocycles. The SMILES string of the molecule is C=C(CCC(=C)N1CC2=CCCC=C2/C=C\c2ccccc21)NCCc1c[nH]c2ccccc12. The van der Waals surface area contributed by atoms with Gasteiger partial charge in [-0.25, -0.2) is 0 Å². The molecule has 2 aliphatic rings. The van der Waals surface area contributed by atoms with Crippen LogP contribution in [0.3, 0.4) is 0 Å². The van der Waals surface area contributed by atoms with Gasteiger partial charge in [0, 0.05) is 47.3 Å². The van der Waals surface area contributed by atoms with Crippen LogP contribution in [-0.2, 0) is 6.42 Å². The maximum atomic E-state index is 4.50. The third kappa shape index (κ3) is 4.79. The number of aromatic nitrogens is 1. The summed E-state index contributed by atoms with van der Waals surface area (Å²) in [5, 5.41) is 4.84. The number of para-hydroxylation sites is 2. The summed E-state index contributed by atoms with van der Waals surface area (Å²) in [7, 11) is 0. The van der Waals surface area contributed by atoms with Crippen LogP contribution in [0.15, 0.2) is 109 Å². The fraction of sp³-hybridized carbons (Fsp3) is 0.226. The number of benzene rings is 2. The Hall–Kier alpha value is -3.72. The molecule has 0 bridgehead atoms. The minimum absolute atomic E-state index is 0.868. The normalized spacial score (nSPS) is 15.9. The number of hydrogen-bond acceptors (Lipinski definition) is 2. The average molecular weight is 448 g/mol. The molecule has 34 heavy (non-hydrogen) atoms. The zero-order valence-corrected chi connectivity index (χ0v) is 19.8. The number of hydrogen-bond donors (Lipinski definition) is 2. The number of allylic oxidation sites excluding steroid dienone is 5. The molecule has 0 atom stereocenters.